The Kier molecular flexibility index (Phi) is 4.92. The van der Waals surface area contributed by atoms with Gasteiger partial charge in [-0.25, -0.2) is 0 Å². The third-order valence-electron chi connectivity index (χ3n) is 3.36. The van der Waals surface area contributed by atoms with E-state index in [1.807, 2.05) is 19.9 Å². The van der Waals surface area contributed by atoms with Crippen LogP contribution in [-0.2, 0) is 19.1 Å². The van der Waals surface area contributed by atoms with Crippen LogP contribution in [0.1, 0.15) is 34.1 Å². The molecule has 106 valence electrons. The molecule has 0 bridgehead atoms. The molecule has 19 heavy (non-hydrogen) atoms. The van der Waals surface area contributed by atoms with Crippen molar-refractivity contribution < 1.29 is 19.1 Å². The highest BCUT2D eigenvalue weighted by atomic mass is 16.6. The topological polar surface area (TPSA) is 52.6 Å². The van der Waals surface area contributed by atoms with Crippen molar-refractivity contribution in [2.45, 2.75) is 34.1 Å². The van der Waals surface area contributed by atoms with Crippen molar-refractivity contribution in [3.63, 3.8) is 0 Å². The number of carbonyl (C=O) groups excluding carboxylic acids is 2. The van der Waals surface area contributed by atoms with Crippen LogP contribution in [0.15, 0.2) is 23.8 Å². The van der Waals surface area contributed by atoms with Gasteiger partial charge in [0.05, 0.1) is 13.2 Å². The molecule has 0 aromatic rings. The monoisotopic (exact) mass is 266 g/mol. The lowest BCUT2D eigenvalue weighted by Gasteiger charge is -2.27. The molecule has 4 heteroatoms. The summed E-state index contributed by atoms with van der Waals surface area (Å²) in [6.07, 6.45) is 2.16. The van der Waals surface area contributed by atoms with Crippen molar-refractivity contribution in [2.24, 2.45) is 11.3 Å². The third kappa shape index (κ3) is 2.57. The van der Waals surface area contributed by atoms with Crippen LogP contribution in [0.4, 0.5) is 0 Å². The van der Waals surface area contributed by atoms with Gasteiger partial charge in [-0.05, 0) is 37.3 Å². The second-order valence-corrected chi connectivity index (χ2v) is 4.84. The molecule has 0 heterocycles. The smallest absolute Gasteiger partial charge is 0.328 e. The molecule has 1 aliphatic rings. The first-order valence-corrected chi connectivity index (χ1v) is 6.66. The molecule has 0 radical (unpaired) electrons. The van der Waals surface area contributed by atoms with Crippen molar-refractivity contribution >= 4 is 11.9 Å². The summed E-state index contributed by atoms with van der Waals surface area (Å²) in [4.78, 5) is 24.5. The number of esters is 2. The van der Waals surface area contributed by atoms with Crippen molar-refractivity contribution in [3.8, 4) is 0 Å². The normalized spacial score (nSPS) is 17.3. The third-order valence-corrected chi connectivity index (χ3v) is 3.36. The Morgan fingerprint density at radius 2 is 1.74 bits per heavy atom. The Labute approximate surface area is 114 Å². The van der Waals surface area contributed by atoms with E-state index in [4.69, 9.17) is 9.47 Å². The molecule has 1 rings (SSSR count). The van der Waals surface area contributed by atoms with Crippen LogP contribution >= 0.6 is 0 Å². The van der Waals surface area contributed by atoms with Gasteiger partial charge < -0.3 is 9.47 Å². The number of ether oxygens (including phenoxy) is 2. The van der Waals surface area contributed by atoms with E-state index < -0.39 is 17.4 Å². The fraction of sp³-hybridized carbons (Fsp3) is 0.600. The number of carbonyl (C=O) groups is 2. The molecular weight excluding hydrogens is 244 g/mol. The summed E-state index contributed by atoms with van der Waals surface area (Å²) in [6.45, 7) is 11.8. The highest BCUT2D eigenvalue weighted by molar-refractivity contribution is 6.05. The Hall–Kier alpha value is -1.58. The molecule has 0 spiro atoms. The summed E-state index contributed by atoms with van der Waals surface area (Å²) < 4.78 is 10.1. The van der Waals surface area contributed by atoms with Crippen molar-refractivity contribution in [1.29, 1.82) is 0 Å². The van der Waals surface area contributed by atoms with Crippen molar-refractivity contribution in [2.75, 3.05) is 13.2 Å². The van der Waals surface area contributed by atoms with Gasteiger partial charge in [0.15, 0.2) is 5.41 Å². The predicted octanol–water partition coefficient (Wildman–Crippen LogP) is 2.64. The number of hydrogen-bond donors (Lipinski definition) is 0. The van der Waals surface area contributed by atoms with Crippen LogP contribution in [0.2, 0.25) is 0 Å². The van der Waals surface area contributed by atoms with E-state index in [0.29, 0.717) is 5.57 Å². The zero-order valence-electron chi connectivity index (χ0n) is 12.1. The average Bonchev–Trinajstić information content (AvgIpc) is 2.68. The molecule has 0 aromatic heterocycles. The molecule has 0 aliphatic heterocycles. The molecule has 0 aromatic carbocycles. The minimum Gasteiger partial charge on any atom is -0.465 e. The van der Waals surface area contributed by atoms with Gasteiger partial charge in [0.2, 0.25) is 0 Å². The summed E-state index contributed by atoms with van der Waals surface area (Å²) in [5.41, 5.74) is 0.0616. The van der Waals surface area contributed by atoms with Crippen molar-refractivity contribution in [3.05, 3.63) is 23.8 Å². The lowest BCUT2D eigenvalue weighted by molar-refractivity contribution is -0.168. The fourth-order valence-corrected chi connectivity index (χ4v) is 2.35. The van der Waals surface area contributed by atoms with Gasteiger partial charge >= 0.3 is 11.9 Å². The first-order valence-electron chi connectivity index (χ1n) is 6.66. The SMILES string of the molecule is C=C1C(C(C)C)=CCC1(C(=O)OCC)C(=O)OCC. The van der Waals surface area contributed by atoms with Gasteiger partial charge in [-0.15, -0.1) is 0 Å². The van der Waals surface area contributed by atoms with E-state index in [-0.39, 0.29) is 25.6 Å². The largest absolute Gasteiger partial charge is 0.465 e. The van der Waals surface area contributed by atoms with E-state index in [9.17, 15) is 9.59 Å². The maximum absolute atomic E-state index is 12.2. The van der Waals surface area contributed by atoms with Gasteiger partial charge in [-0.1, -0.05) is 26.5 Å². The molecule has 0 saturated carbocycles. The molecule has 0 saturated heterocycles. The number of rotatable bonds is 5. The Morgan fingerprint density at radius 3 is 2.05 bits per heavy atom. The Bertz CT molecular complexity index is 400. The van der Waals surface area contributed by atoms with E-state index in [2.05, 4.69) is 6.58 Å². The van der Waals surface area contributed by atoms with Crippen LogP contribution in [0.3, 0.4) is 0 Å². The maximum atomic E-state index is 12.2. The van der Waals surface area contributed by atoms with Crippen molar-refractivity contribution in [1.82, 2.24) is 0 Å². The van der Waals surface area contributed by atoms with Crippen LogP contribution < -0.4 is 0 Å². The summed E-state index contributed by atoms with van der Waals surface area (Å²) in [5, 5.41) is 0. The number of allylic oxidation sites excluding steroid dienone is 2. The molecule has 0 fully saturated rings. The van der Waals surface area contributed by atoms with E-state index in [1.165, 1.54) is 0 Å². The van der Waals surface area contributed by atoms with Gasteiger partial charge in [-0.2, -0.15) is 0 Å². The predicted molar refractivity (Wildman–Crippen MR) is 72.4 cm³/mol. The van der Waals surface area contributed by atoms with E-state index in [1.54, 1.807) is 13.8 Å². The minimum absolute atomic E-state index is 0.207. The van der Waals surface area contributed by atoms with Crippen LogP contribution in [0, 0.1) is 11.3 Å². The van der Waals surface area contributed by atoms with Crippen LogP contribution in [-0.4, -0.2) is 25.2 Å². The second kappa shape index (κ2) is 6.04. The summed E-state index contributed by atoms with van der Waals surface area (Å²) in [5.74, 6) is -0.922. The van der Waals surface area contributed by atoms with Gasteiger partial charge in [0.25, 0.3) is 0 Å². The maximum Gasteiger partial charge on any atom is 0.328 e. The first kappa shape index (κ1) is 15.5. The molecule has 1 aliphatic carbocycles. The van der Waals surface area contributed by atoms with Crippen LogP contribution in [0.5, 0.6) is 0 Å². The van der Waals surface area contributed by atoms with Crippen LogP contribution in [0.25, 0.3) is 0 Å². The zero-order chi connectivity index (χ0) is 14.6. The first-order chi connectivity index (χ1) is 8.91. The highest BCUT2D eigenvalue weighted by Gasteiger charge is 2.54. The minimum atomic E-state index is -1.38. The molecular formula is C15H22O4. The average molecular weight is 266 g/mol. The quantitative estimate of drug-likeness (QED) is 0.567. The van der Waals surface area contributed by atoms with E-state index >= 15 is 0 Å². The zero-order valence-corrected chi connectivity index (χ0v) is 12.1. The fourth-order valence-electron chi connectivity index (χ4n) is 2.35. The lowest BCUT2D eigenvalue weighted by atomic mass is 9.79. The Balaban J connectivity index is 3.14. The van der Waals surface area contributed by atoms with E-state index in [0.717, 1.165) is 5.57 Å². The molecule has 0 atom stereocenters. The molecule has 0 N–H and O–H groups in total. The summed E-state index contributed by atoms with van der Waals surface area (Å²) in [6, 6.07) is 0. The standard InChI is InChI=1S/C15H22O4/c1-6-18-13(16)15(14(17)19-7-2)9-8-12(10(3)4)11(15)5/h8,10H,5-7,9H2,1-4H3. The van der Waals surface area contributed by atoms with Gasteiger partial charge in [-0.3, -0.25) is 9.59 Å². The molecule has 0 amide bonds. The second-order valence-electron chi connectivity index (χ2n) is 4.84. The van der Waals surface area contributed by atoms with Gasteiger partial charge in [0, 0.05) is 0 Å². The molecule has 0 unspecified atom stereocenters. The highest BCUT2D eigenvalue weighted by Crippen LogP contribution is 2.46. The lowest BCUT2D eigenvalue weighted by Crippen LogP contribution is -2.41. The summed E-state index contributed by atoms with van der Waals surface area (Å²) >= 11 is 0. The molecule has 4 nitrogen and oxygen atoms in total. The summed E-state index contributed by atoms with van der Waals surface area (Å²) in [7, 11) is 0. The Morgan fingerprint density at radius 1 is 1.26 bits per heavy atom. The van der Waals surface area contributed by atoms with Gasteiger partial charge in [0.1, 0.15) is 0 Å². The number of hydrogen-bond acceptors (Lipinski definition) is 4.